The van der Waals surface area contributed by atoms with Crippen molar-refractivity contribution in [1.82, 2.24) is 0 Å². The van der Waals surface area contributed by atoms with E-state index in [-0.39, 0.29) is 19.0 Å². The number of halogens is 1. The fourth-order valence-corrected chi connectivity index (χ4v) is 2.90. The highest BCUT2D eigenvalue weighted by Crippen LogP contribution is 2.34. The maximum Gasteiger partial charge on any atom is 0.189 e. The molecule has 2 rings (SSSR count). The quantitative estimate of drug-likeness (QED) is 0.170. The van der Waals surface area contributed by atoms with Crippen LogP contribution in [-0.4, -0.2) is 32.2 Å². The summed E-state index contributed by atoms with van der Waals surface area (Å²) in [5, 5.41) is 0.290. The Labute approximate surface area is 199 Å². The Balaban J connectivity index is 2.35. The zero-order chi connectivity index (χ0) is 24.1. The van der Waals surface area contributed by atoms with Gasteiger partial charge in [-0.1, -0.05) is 62.2 Å². The molecule has 0 atom stereocenters. The Morgan fingerprint density at radius 1 is 0.758 bits per heavy atom. The first kappa shape index (κ1) is 25.6. The Kier molecular flexibility index (Phi) is 10.6. The molecular formula is C27H27ClO5. The van der Waals surface area contributed by atoms with Crippen molar-refractivity contribution in [2.45, 2.75) is 0 Å². The maximum atomic E-state index is 13.0. The van der Waals surface area contributed by atoms with Gasteiger partial charge < -0.3 is 18.9 Å². The summed E-state index contributed by atoms with van der Waals surface area (Å²) in [4.78, 5) is 13.0. The third-order valence-corrected chi connectivity index (χ3v) is 4.43. The van der Waals surface area contributed by atoms with Crippen molar-refractivity contribution < 1.29 is 23.7 Å². The minimum Gasteiger partial charge on any atom is -0.489 e. The van der Waals surface area contributed by atoms with E-state index in [2.05, 4.69) is 26.3 Å². The van der Waals surface area contributed by atoms with Gasteiger partial charge in [-0.15, -0.1) is 0 Å². The van der Waals surface area contributed by atoms with Crippen molar-refractivity contribution in [3.05, 3.63) is 103 Å². The molecule has 0 aromatic heterocycles. The molecule has 2 aromatic carbocycles. The van der Waals surface area contributed by atoms with Gasteiger partial charge >= 0.3 is 0 Å². The lowest BCUT2D eigenvalue weighted by atomic mass is 10.1. The SMILES string of the molecule is C=CCOc1ccc(/C=C/C(=O)c2cc(Cl)c(OCC=C)cc2OCC=C)c(OCC=C)c1. The maximum absolute atomic E-state index is 13.0. The zero-order valence-corrected chi connectivity index (χ0v) is 19.2. The van der Waals surface area contributed by atoms with E-state index in [1.54, 1.807) is 54.6 Å². The lowest BCUT2D eigenvalue weighted by Gasteiger charge is -2.13. The van der Waals surface area contributed by atoms with Gasteiger partial charge in [-0.3, -0.25) is 4.79 Å². The second-order valence-corrected chi connectivity index (χ2v) is 6.98. The summed E-state index contributed by atoms with van der Waals surface area (Å²) in [6, 6.07) is 8.44. The number of allylic oxidation sites excluding steroid dienone is 1. The van der Waals surface area contributed by atoms with Crippen molar-refractivity contribution in [2.75, 3.05) is 26.4 Å². The predicted molar refractivity (Wildman–Crippen MR) is 134 cm³/mol. The normalized spacial score (nSPS) is 10.3. The molecule has 0 fully saturated rings. The second kappa shape index (κ2) is 13.7. The Morgan fingerprint density at radius 2 is 1.33 bits per heavy atom. The van der Waals surface area contributed by atoms with Gasteiger partial charge in [-0.05, 0) is 30.4 Å². The van der Waals surface area contributed by atoms with Crippen LogP contribution in [0.2, 0.25) is 5.02 Å². The van der Waals surface area contributed by atoms with Crippen LogP contribution in [0.15, 0.2) is 87.0 Å². The minimum absolute atomic E-state index is 0.220. The fourth-order valence-electron chi connectivity index (χ4n) is 2.68. The molecule has 0 amide bonds. The van der Waals surface area contributed by atoms with E-state index < -0.39 is 0 Å². The topological polar surface area (TPSA) is 54.0 Å². The molecule has 0 spiro atoms. The standard InChI is InChI=1S/C27H27ClO5/c1-5-13-30-21-11-9-20(25(17-21)31-14-6-2)10-12-24(29)22-18-23(28)27(33-16-8-4)19-26(22)32-15-7-3/h5-12,17-19H,1-4,13-16H2/b12-10+. The molecule has 6 heteroatoms. The largest absolute Gasteiger partial charge is 0.489 e. The molecule has 0 bridgehead atoms. The number of hydrogen-bond acceptors (Lipinski definition) is 5. The van der Waals surface area contributed by atoms with Gasteiger partial charge in [0.1, 0.15) is 49.4 Å². The molecule has 0 aliphatic heterocycles. The highest BCUT2D eigenvalue weighted by atomic mass is 35.5. The minimum atomic E-state index is -0.298. The summed E-state index contributed by atoms with van der Waals surface area (Å²) >= 11 is 6.31. The summed E-state index contributed by atoms with van der Waals surface area (Å²) in [6.07, 6.45) is 9.56. The summed E-state index contributed by atoms with van der Waals surface area (Å²) in [5.74, 6) is 1.61. The van der Waals surface area contributed by atoms with Gasteiger partial charge in [-0.2, -0.15) is 0 Å². The Hall–Kier alpha value is -3.70. The van der Waals surface area contributed by atoms with Gasteiger partial charge in [0.25, 0.3) is 0 Å². The van der Waals surface area contributed by atoms with E-state index in [4.69, 9.17) is 30.5 Å². The number of rotatable bonds is 15. The second-order valence-electron chi connectivity index (χ2n) is 6.57. The lowest BCUT2D eigenvalue weighted by Crippen LogP contribution is -2.04. The summed E-state index contributed by atoms with van der Waals surface area (Å²) in [7, 11) is 0. The van der Waals surface area contributed by atoms with Crippen LogP contribution in [0.5, 0.6) is 23.0 Å². The first-order chi connectivity index (χ1) is 16.0. The molecular weight excluding hydrogens is 440 g/mol. The van der Waals surface area contributed by atoms with E-state index >= 15 is 0 Å². The van der Waals surface area contributed by atoms with Crippen LogP contribution >= 0.6 is 11.6 Å². The van der Waals surface area contributed by atoms with Crippen LogP contribution in [-0.2, 0) is 0 Å². The van der Waals surface area contributed by atoms with E-state index in [1.807, 2.05) is 0 Å². The third kappa shape index (κ3) is 7.74. The highest BCUT2D eigenvalue weighted by molar-refractivity contribution is 6.32. The molecule has 0 radical (unpaired) electrons. The Morgan fingerprint density at radius 3 is 1.97 bits per heavy atom. The molecule has 0 unspecified atom stereocenters. The molecule has 0 N–H and O–H groups in total. The molecule has 0 aliphatic rings. The third-order valence-electron chi connectivity index (χ3n) is 4.14. The first-order valence-corrected chi connectivity index (χ1v) is 10.6. The molecule has 0 saturated heterocycles. The van der Waals surface area contributed by atoms with Crippen LogP contribution < -0.4 is 18.9 Å². The molecule has 0 saturated carbocycles. The van der Waals surface area contributed by atoms with Gasteiger partial charge in [-0.25, -0.2) is 0 Å². The summed E-state index contributed by atoms with van der Waals surface area (Å²) in [6.45, 7) is 15.7. The van der Waals surface area contributed by atoms with E-state index in [0.29, 0.717) is 52.4 Å². The average Bonchev–Trinajstić information content (AvgIpc) is 2.83. The van der Waals surface area contributed by atoms with E-state index in [1.165, 1.54) is 12.1 Å². The van der Waals surface area contributed by atoms with Crippen molar-refractivity contribution in [3.8, 4) is 23.0 Å². The number of carbonyl (C=O) groups is 1. The average molecular weight is 467 g/mol. The molecule has 2 aromatic rings. The van der Waals surface area contributed by atoms with Crippen molar-refractivity contribution in [3.63, 3.8) is 0 Å². The van der Waals surface area contributed by atoms with Crippen LogP contribution in [0.1, 0.15) is 15.9 Å². The number of hydrogen-bond donors (Lipinski definition) is 0. The fraction of sp³-hybridized carbons (Fsp3) is 0.148. The Bertz CT molecular complexity index is 1040. The van der Waals surface area contributed by atoms with Gasteiger partial charge in [0.2, 0.25) is 0 Å². The monoisotopic (exact) mass is 466 g/mol. The van der Waals surface area contributed by atoms with Gasteiger partial charge in [0, 0.05) is 17.7 Å². The molecule has 0 aliphatic carbocycles. The number of ketones is 1. The first-order valence-electron chi connectivity index (χ1n) is 10.2. The van der Waals surface area contributed by atoms with Crippen molar-refractivity contribution >= 4 is 23.5 Å². The molecule has 33 heavy (non-hydrogen) atoms. The summed E-state index contributed by atoms with van der Waals surface area (Å²) in [5.41, 5.74) is 0.991. The zero-order valence-electron chi connectivity index (χ0n) is 18.4. The number of ether oxygens (including phenoxy) is 4. The van der Waals surface area contributed by atoms with Crippen LogP contribution in [0, 0.1) is 0 Å². The smallest absolute Gasteiger partial charge is 0.189 e. The van der Waals surface area contributed by atoms with E-state index in [0.717, 1.165) is 0 Å². The van der Waals surface area contributed by atoms with Crippen molar-refractivity contribution in [2.24, 2.45) is 0 Å². The van der Waals surface area contributed by atoms with Crippen LogP contribution in [0.4, 0.5) is 0 Å². The van der Waals surface area contributed by atoms with Crippen molar-refractivity contribution in [1.29, 1.82) is 0 Å². The number of carbonyl (C=O) groups excluding carboxylic acids is 1. The lowest BCUT2D eigenvalue weighted by molar-refractivity contribution is 0.104. The highest BCUT2D eigenvalue weighted by Gasteiger charge is 2.16. The number of benzene rings is 2. The van der Waals surface area contributed by atoms with E-state index in [9.17, 15) is 4.79 Å². The van der Waals surface area contributed by atoms with Gasteiger partial charge in [0.05, 0.1) is 10.6 Å². The van der Waals surface area contributed by atoms with Gasteiger partial charge in [0.15, 0.2) is 5.78 Å². The van der Waals surface area contributed by atoms with Crippen LogP contribution in [0.3, 0.4) is 0 Å². The van der Waals surface area contributed by atoms with Crippen LogP contribution in [0.25, 0.3) is 6.08 Å². The summed E-state index contributed by atoms with van der Waals surface area (Å²) < 4.78 is 22.5. The predicted octanol–water partition coefficient (Wildman–Crippen LogP) is 6.50. The molecule has 0 heterocycles. The molecule has 5 nitrogen and oxygen atoms in total. The molecule has 172 valence electrons.